The standard InChI is InChI=1S/C18H22N4O2S4/c1-11-3-5-13(7-19-11)15(23)9-21-17(25)27-28-18(26)22-10-16(24)14-6-4-12(2)20-8-14/h3-8,15-16,23-24H,9-10H2,1-2H3,(H,21,25)(H,22,26)/t15-,16-/m0/s1. The van der Waals surface area contributed by atoms with Crippen LogP contribution in [0.25, 0.3) is 0 Å². The van der Waals surface area contributed by atoms with Gasteiger partial charge in [0.05, 0.1) is 12.2 Å². The van der Waals surface area contributed by atoms with Gasteiger partial charge >= 0.3 is 0 Å². The smallest absolute Gasteiger partial charge is 0.144 e. The summed E-state index contributed by atoms with van der Waals surface area (Å²) in [6.45, 7) is 4.36. The van der Waals surface area contributed by atoms with Gasteiger partial charge in [-0.1, -0.05) is 36.6 Å². The van der Waals surface area contributed by atoms with E-state index in [0.717, 1.165) is 22.5 Å². The van der Waals surface area contributed by atoms with Gasteiger partial charge in [0.2, 0.25) is 0 Å². The Balaban J connectivity index is 1.65. The molecule has 0 unspecified atom stereocenters. The minimum Gasteiger partial charge on any atom is -0.387 e. The van der Waals surface area contributed by atoms with Gasteiger partial charge < -0.3 is 20.8 Å². The third-order valence-electron chi connectivity index (χ3n) is 3.71. The molecule has 0 aliphatic carbocycles. The number of aliphatic hydroxyl groups is 2. The molecule has 28 heavy (non-hydrogen) atoms. The third-order valence-corrected chi connectivity index (χ3v) is 7.06. The van der Waals surface area contributed by atoms with Crippen molar-refractivity contribution in [3.63, 3.8) is 0 Å². The maximum Gasteiger partial charge on any atom is 0.144 e. The molecule has 0 aromatic carbocycles. The molecule has 0 aliphatic heterocycles. The number of nitrogens with one attached hydrogen (secondary N) is 2. The summed E-state index contributed by atoms with van der Waals surface area (Å²) in [6.07, 6.45) is 1.92. The van der Waals surface area contributed by atoms with E-state index in [1.807, 2.05) is 38.1 Å². The minimum atomic E-state index is -0.694. The molecule has 0 radical (unpaired) electrons. The Morgan fingerprint density at radius 2 is 1.25 bits per heavy atom. The summed E-state index contributed by atoms with van der Waals surface area (Å²) in [4.78, 5) is 8.34. The molecule has 2 atom stereocenters. The molecular formula is C18H22N4O2S4. The zero-order valence-electron chi connectivity index (χ0n) is 15.5. The molecule has 2 heterocycles. The van der Waals surface area contributed by atoms with Crippen LogP contribution in [0.3, 0.4) is 0 Å². The van der Waals surface area contributed by atoms with E-state index in [4.69, 9.17) is 24.4 Å². The van der Waals surface area contributed by atoms with E-state index in [1.54, 1.807) is 12.4 Å². The summed E-state index contributed by atoms with van der Waals surface area (Å²) in [5, 5.41) is 26.3. The van der Waals surface area contributed by atoms with Crippen molar-refractivity contribution >= 4 is 54.7 Å². The zero-order valence-corrected chi connectivity index (χ0v) is 18.7. The Hall–Kier alpha value is -1.30. The molecule has 2 aromatic rings. The quantitative estimate of drug-likeness (QED) is 0.386. The van der Waals surface area contributed by atoms with E-state index in [-0.39, 0.29) is 13.1 Å². The molecule has 2 aromatic heterocycles. The molecule has 4 N–H and O–H groups in total. The number of aromatic nitrogens is 2. The van der Waals surface area contributed by atoms with Crippen LogP contribution in [0.4, 0.5) is 0 Å². The Morgan fingerprint density at radius 3 is 1.57 bits per heavy atom. The average molecular weight is 455 g/mol. The molecule has 2 rings (SSSR count). The number of hydrogen-bond donors (Lipinski definition) is 4. The zero-order chi connectivity index (χ0) is 20.5. The number of nitrogens with zero attached hydrogens (tertiary/aromatic N) is 2. The first-order chi connectivity index (χ1) is 13.3. The molecule has 10 heteroatoms. The van der Waals surface area contributed by atoms with E-state index in [9.17, 15) is 10.2 Å². The molecule has 6 nitrogen and oxygen atoms in total. The van der Waals surface area contributed by atoms with Gasteiger partial charge in [-0.3, -0.25) is 9.97 Å². The van der Waals surface area contributed by atoms with Crippen LogP contribution in [-0.4, -0.2) is 41.9 Å². The molecule has 0 saturated heterocycles. The molecule has 0 aliphatic rings. The first-order valence-corrected chi connectivity index (χ1v) is 11.4. The summed E-state index contributed by atoms with van der Waals surface area (Å²) in [6, 6.07) is 7.39. The van der Waals surface area contributed by atoms with Crippen molar-refractivity contribution in [3.8, 4) is 0 Å². The maximum absolute atomic E-state index is 10.2. The first kappa shape index (κ1) is 23.0. The van der Waals surface area contributed by atoms with Gasteiger partial charge in [-0.15, -0.1) is 0 Å². The van der Waals surface area contributed by atoms with Crippen LogP contribution in [0.2, 0.25) is 0 Å². The SMILES string of the molecule is Cc1ccc([C@@H](O)CNC(=S)SSC(=S)NC[C@H](O)c2ccc(C)nc2)cn1. The van der Waals surface area contributed by atoms with Crippen LogP contribution >= 0.6 is 46.0 Å². The van der Waals surface area contributed by atoms with Gasteiger partial charge in [-0.2, -0.15) is 0 Å². The van der Waals surface area contributed by atoms with Gasteiger partial charge in [-0.25, -0.2) is 0 Å². The highest BCUT2D eigenvalue weighted by molar-refractivity contribution is 8.89. The van der Waals surface area contributed by atoms with Crippen LogP contribution in [0.1, 0.15) is 34.7 Å². The lowest BCUT2D eigenvalue weighted by Crippen LogP contribution is -2.26. The number of aryl methyl sites for hydroxylation is 2. The van der Waals surface area contributed by atoms with Crippen molar-refractivity contribution in [1.82, 2.24) is 20.6 Å². The van der Waals surface area contributed by atoms with E-state index in [2.05, 4.69) is 20.6 Å². The summed E-state index contributed by atoms with van der Waals surface area (Å²) in [7, 11) is 2.57. The predicted octanol–water partition coefficient (Wildman–Crippen LogP) is 2.99. The van der Waals surface area contributed by atoms with E-state index in [1.165, 1.54) is 21.6 Å². The maximum atomic E-state index is 10.2. The molecular weight excluding hydrogens is 432 g/mol. The number of pyridine rings is 2. The van der Waals surface area contributed by atoms with E-state index >= 15 is 0 Å². The molecule has 0 saturated carbocycles. The highest BCUT2D eigenvalue weighted by Crippen LogP contribution is 2.24. The highest BCUT2D eigenvalue weighted by Gasteiger charge is 2.11. The van der Waals surface area contributed by atoms with Gasteiger partial charge in [-0.05, 0) is 47.6 Å². The van der Waals surface area contributed by atoms with Crippen molar-refractivity contribution in [2.24, 2.45) is 0 Å². The Morgan fingerprint density at radius 1 is 0.857 bits per heavy atom. The van der Waals surface area contributed by atoms with Gasteiger partial charge in [0.25, 0.3) is 0 Å². The van der Waals surface area contributed by atoms with Crippen molar-refractivity contribution in [1.29, 1.82) is 0 Å². The van der Waals surface area contributed by atoms with Gasteiger partial charge in [0, 0.05) is 48.0 Å². The van der Waals surface area contributed by atoms with Gasteiger partial charge in [0.15, 0.2) is 0 Å². The van der Waals surface area contributed by atoms with Crippen LogP contribution in [0.15, 0.2) is 36.7 Å². The summed E-state index contributed by atoms with van der Waals surface area (Å²) in [5.41, 5.74) is 3.26. The monoisotopic (exact) mass is 454 g/mol. The van der Waals surface area contributed by atoms with Crippen molar-refractivity contribution in [3.05, 3.63) is 59.2 Å². The average Bonchev–Trinajstić information content (AvgIpc) is 2.69. The fourth-order valence-electron chi connectivity index (χ4n) is 2.08. The lowest BCUT2D eigenvalue weighted by molar-refractivity contribution is 0.181. The largest absolute Gasteiger partial charge is 0.387 e. The fourth-order valence-corrected chi connectivity index (χ4v) is 4.11. The van der Waals surface area contributed by atoms with Crippen molar-refractivity contribution in [2.75, 3.05) is 13.1 Å². The molecule has 0 amide bonds. The van der Waals surface area contributed by atoms with E-state index in [0.29, 0.717) is 8.64 Å². The third kappa shape index (κ3) is 7.98. The fraction of sp³-hybridized carbons (Fsp3) is 0.333. The minimum absolute atomic E-state index is 0.288. The Kier molecular flexibility index (Phi) is 9.56. The lowest BCUT2D eigenvalue weighted by Gasteiger charge is -2.14. The second-order valence-electron chi connectivity index (χ2n) is 6.00. The normalized spacial score (nSPS) is 12.9. The number of aliphatic hydroxyl groups excluding tert-OH is 2. The highest BCUT2D eigenvalue weighted by atomic mass is 33.1. The predicted molar refractivity (Wildman–Crippen MR) is 124 cm³/mol. The van der Waals surface area contributed by atoms with Crippen LogP contribution < -0.4 is 10.6 Å². The number of rotatable bonds is 6. The van der Waals surface area contributed by atoms with Crippen LogP contribution in [0.5, 0.6) is 0 Å². The van der Waals surface area contributed by atoms with Gasteiger partial charge in [0.1, 0.15) is 8.64 Å². The molecule has 0 fully saturated rings. The lowest BCUT2D eigenvalue weighted by atomic mass is 10.1. The Bertz CT molecular complexity index is 720. The first-order valence-electron chi connectivity index (χ1n) is 8.46. The molecule has 0 bridgehead atoms. The summed E-state index contributed by atoms with van der Waals surface area (Å²) in [5.74, 6) is 0. The van der Waals surface area contributed by atoms with Crippen LogP contribution in [-0.2, 0) is 0 Å². The molecule has 150 valence electrons. The topological polar surface area (TPSA) is 90.3 Å². The second-order valence-corrected chi connectivity index (χ2v) is 9.48. The summed E-state index contributed by atoms with van der Waals surface area (Å²) < 4.78 is 1.02. The van der Waals surface area contributed by atoms with Crippen molar-refractivity contribution < 1.29 is 10.2 Å². The van der Waals surface area contributed by atoms with E-state index < -0.39 is 12.2 Å². The number of thiocarbonyl (C=S) groups is 2. The summed E-state index contributed by atoms with van der Waals surface area (Å²) >= 11 is 10.5. The molecule has 0 spiro atoms. The second kappa shape index (κ2) is 11.6. The Labute approximate surface area is 183 Å². The van der Waals surface area contributed by atoms with Crippen LogP contribution in [0, 0.1) is 13.8 Å². The van der Waals surface area contributed by atoms with Crippen molar-refractivity contribution in [2.45, 2.75) is 26.1 Å². The number of hydrogen-bond acceptors (Lipinski definition) is 8.